The summed E-state index contributed by atoms with van der Waals surface area (Å²) in [6.45, 7) is 0.683. The second kappa shape index (κ2) is 16.4. The fourth-order valence-corrected chi connectivity index (χ4v) is 6.92. The van der Waals surface area contributed by atoms with E-state index in [9.17, 15) is 24.0 Å². The molecule has 9 nitrogen and oxygen atoms in total. The second-order valence-electron chi connectivity index (χ2n) is 12.5. The molecule has 1 saturated heterocycles. The number of amides is 3. The minimum atomic E-state index is -0.782. The number of benzene rings is 1. The van der Waals surface area contributed by atoms with Crippen molar-refractivity contribution in [1.29, 1.82) is 0 Å². The Balaban J connectivity index is 1.43. The van der Waals surface area contributed by atoms with E-state index in [0.29, 0.717) is 31.6 Å². The Morgan fingerprint density at radius 2 is 1.60 bits per heavy atom. The Morgan fingerprint density at radius 3 is 2.24 bits per heavy atom. The van der Waals surface area contributed by atoms with Crippen molar-refractivity contribution in [3.8, 4) is 0 Å². The Morgan fingerprint density at radius 1 is 0.905 bits per heavy atom. The summed E-state index contributed by atoms with van der Waals surface area (Å²) in [5, 5.41) is 8.50. The van der Waals surface area contributed by atoms with E-state index in [0.717, 1.165) is 63.4 Å². The van der Waals surface area contributed by atoms with Crippen molar-refractivity contribution >= 4 is 30.0 Å². The average molecular weight is 582 g/mol. The van der Waals surface area contributed by atoms with E-state index in [2.05, 4.69) is 16.0 Å². The number of aldehydes is 1. The molecule has 230 valence electrons. The van der Waals surface area contributed by atoms with Crippen molar-refractivity contribution in [3.05, 3.63) is 35.9 Å². The van der Waals surface area contributed by atoms with Crippen molar-refractivity contribution in [1.82, 2.24) is 16.0 Å². The molecule has 1 aromatic rings. The van der Waals surface area contributed by atoms with Crippen molar-refractivity contribution in [2.75, 3.05) is 6.54 Å². The zero-order valence-corrected chi connectivity index (χ0v) is 24.7. The first kappa shape index (κ1) is 31.7. The largest absolute Gasteiger partial charge is 0.445 e. The van der Waals surface area contributed by atoms with Gasteiger partial charge in [-0.3, -0.25) is 14.4 Å². The van der Waals surface area contributed by atoms with Gasteiger partial charge < -0.3 is 25.5 Å². The molecule has 0 spiro atoms. The number of ketones is 1. The molecule has 42 heavy (non-hydrogen) atoms. The van der Waals surface area contributed by atoms with Gasteiger partial charge in [-0.1, -0.05) is 81.7 Å². The van der Waals surface area contributed by atoms with Gasteiger partial charge in [-0.15, -0.1) is 0 Å². The third-order valence-electron chi connectivity index (χ3n) is 9.31. The van der Waals surface area contributed by atoms with Crippen molar-refractivity contribution in [3.63, 3.8) is 0 Å². The van der Waals surface area contributed by atoms with Crippen molar-refractivity contribution in [2.45, 2.75) is 109 Å². The summed E-state index contributed by atoms with van der Waals surface area (Å²) in [6.07, 6.45) is 11.7. The maximum Gasteiger partial charge on any atom is 0.408 e. The predicted molar refractivity (Wildman–Crippen MR) is 158 cm³/mol. The monoisotopic (exact) mass is 581 g/mol. The standard InChI is InChI=1S/C33H47N3O6/c37-21-28(19-26-16-17-34-31(26)39)35-32(40)27(18-23-10-4-1-5-11-23)20-29(38)30(25-14-8-3-9-15-25)36-33(41)42-22-24-12-6-2-7-13-24/h2,6-7,12-13,21,23,25-28,30H,1,3-5,8-11,14-20,22H2,(H,34,39)(H,35,40)(H,36,41)/t26-,27+,28-,30-/m0/s1. The van der Waals surface area contributed by atoms with E-state index in [1.54, 1.807) is 0 Å². The van der Waals surface area contributed by atoms with Gasteiger partial charge in [0, 0.05) is 24.8 Å². The molecule has 4 atom stereocenters. The lowest BCUT2D eigenvalue weighted by atomic mass is 9.77. The van der Waals surface area contributed by atoms with Crippen LogP contribution in [0.3, 0.4) is 0 Å². The summed E-state index contributed by atoms with van der Waals surface area (Å²) in [4.78, 5) is 64.3. The van der Waals surface area contributed by atoms with Crippen molar-refractivity contribution < 1.29 is 28.7 Å². The molecule has 3 aliphatic rings. The lowest BCUT2D eigenvalue weighted by Crippen LogP contribution is -2.49. The zero-order chi connectivity index (χ0) is 29.7. The number of alkyl carbamates (subject to hydrolysis) is 1. The van der Waals surface area contributed by atoms with Crippen LogP contribution in [0, 0.1) is 23.7 Å². The normalized spacial score (nSPS) is 21.9. The molecular weight excluding hydrogens is 534 g/mol. The van der Waals surface area contributed by atoms with E-state index >= 15 is 0 Å². The molecule has 4 rings (SSSR count). The van der Waals surface area contributed by atoms with Gasteiger partial charge in [0.25, 0.3) is 0 Å². The van der Waals surface area contributed by atoms with Crippen LogP contribution in [0.15, 0.2) is 30.3 Å². The zero-order valence-electron chi connectivity index (χ0n) is 24.7. The SMILES string of the molecule is O=C[C@H](C[C@@H]1CCNC1=O)NC(=O)[C@@H](CC(=O)[C@@H](NC(=O)OCc1ccccc1)C1CCCCC1)CC1CCCCC1. The molecule has 1 aliphatic heterocycles. The summed E-state index contributed by atoms with van der Waals surface area (Å²) in [5.41, 5.74) is 0.859. The smallest absolute Gasteiger partial charge is 0.408 e. The highest BCUT2D eigenvalue weighted by Crippen LogP contribution is 2.32. The Kier molecular flexibility index (Phi) is 12.4. The molecule has 3 N–H and O–H groups in total. The Hall–Kier alpha value is -3.23. The number of ether oxygens (including phenoxy) is 1. The lowest BCUT2D eigenvalue weighted by Gasteiger charge is -2.32. The second-order valence-corrected chi connectivity index (χ2v) is 12.5. The maximum absolute atomic E-state index is 13.9. The molecule has 1 heterocycles. The van der Waals surface area contributed by atoms with E-state index in [1.807, 2.05) is 30.3 Å². The first-order valence-corrected chi connectivity index (χ1v) is 16.0. The molecule has 0 unspecified atom stereocenters. The van der Waals surface area contributed by atoms with Gasteiger partial charge >= 0.3 is 6.09 Å². The van der Waals surface area contributed by atoms with Gasteiger partial charge in [0.05, 0.1) is 12.1 Å². The van der Waals surface area contributed by atoms with Crippen LogP contribution < -0.4 is 16.0 Å². The number of hydrogen-bond donors (Lipinski definition) is 3. The first-order valence-electron chi connectivity index (χ1n) is 16.0. The van der Waals surface area contributed by atoms with E-state index in [-0.39, 0.29) is 48.9 Å². The molecular formula is C33H47N3O6. The van der Waals surface area contributed by atoms with Gasteiger partial charge in [0.2, 0.25) is 11.8 Å². The highest BCUT2D eigenvalue weighted by molar-refractivity contribution is 5.92. The van der Waals surface area contributed by atoms with Crippen LogP contribution >= 0.6 is 0 Å². The lowest BCUT2D eigenvalue weighted by molar-refractivity contribution is -0.133. The van der Waals surface area contributed by atoms with Crippen LogP contribution in [-0.2, 0) is 30.5 Å². The van der Waals surface area contributed by atoms with E-state index < -0.39 is 24.1 Å². The molecule has 2 aliphatic carbocycles. The van der Waals surface area contributed by atoms with E-state index in [4.69, 9.17) is 4.74 Å². The summed E-state index contributed by atoms with van der Waals surface area (Å²) < 4.78 is 5.46. The number of hydrogen-bond acceptors (Lipinski definition) is 6. The Labute approximate surface area is 249 Å². The number of carbonyl (C=O) groups is 5. The fraction of sp³-hybridized carbons (Fsp3) is 0.667. The molecule has 0 bridgehead atoms. The topological polar surface area (TPSA) is 131 Å². The number of rotatable bonds is 14. The van der Waals surface area contributed by atoms with Gasteiger partial charge in [0.1, 0.15) is 12.9 Å². The summed E-state index contributed by atoms with van der Waals surface area (Å²) in [5.74, 6) is -1.14. The van der Waals surface area contributed by atoms with Gasteiger partial charge in [0.15, 0.2) is 5.78 Å². The predicted octanol–water partition coefficient (Wildman–Crippen LogP) is 4.62. The molecule has 3 fully saturated rings. The minimum Gasteiger partial charge on any atom is -0.445 e. The molecule has 9 heteroatoms. The fourth-order valence-electron chi connectivity index (χ4n) is 6.92. The average Bonchev–Trinajstić information content (AvgIpc) is 3.43. The third-order valence-corrected chi connectivity index (χ3v) is 9.31. The van der Waals surface area contributed by atoms with Crippen LogP contribution in [0.5, 0.6) is 0 Å². The maximum atomic E-state index is 13.9. The van der Waals surface area contributed by atoms with Crippen LogP contribution in [0.25, 0.3) is 0 Å². The molecule has 0 aromatic heterocycles. The summed E-state index contributed by atoms with van der Waals surface area (Å²) >= 11 is 0. The number of Topliss-reactive ketones (excluding diaryl/α,β-unsaturated/α-hetero) is 1. The van der Waals surface area contributed by atoms with Crippen LogP contribution in [0.2, 0.25) is 0 Å². The van der Waals surface area contributed by atoms with Crippen LogP contribution in [-0.4, -0.2) is 48.6 Å². The quantitative estimate of drug-likeness (QED) is 0.275. The minimum absolute atomic E-state index is 0.00203. The molecule has 3 amide bonds. The van der Waals surface area contributed by atoms with Gasteiger partial charge in [-0.2, -0.15) is 0 Å². The summed E-state index contributed by atoms with van der Waals surface area (Å²) in [7, 11) is 0. The van der Waals surface area contributed by atoms with Gasteiger partial charge in [-0.25, -0.2) is 4.79 Å². The van der Waals surface area contributed by atoms with Gasteiger partial charge in [-0.05, 0) is 49.5 Å². The molecule has 1 aromatic carbocycles. The first-order chi connectivity index (χ1) is 20.4. The number of carbonyl (C=O) groups excluding carboxylic acids is 5. The molecule has 0 radical (unpaired) electrons. The highest BCUT2D eigenvalue weighted by Gasteiger charge is 2.36. The third kappa shape index (κ3) is 9.66. The van der Waals surface area contributed by atoms with Crippen LogP contribution in [0.1, 0.15) is 95.5 Å². The molecule has 2 saturated carbocycles. The van der Waals surface area contributed by atoms with E-state index in [1.165, 1.54) is 6.42 Å². The highest BCUT2D eigenvalue weighted by atomic mass is 16.5. The van der Waals surface area contributed by atoms with Crippen LogP contribution in [0.4, 0.5) is 4.79 Å². The van der Waals surface area contributed by atoms with Crippen molar-refractivity contribution in [2.24, 2.45) is 23.7 Å². The Bertz CT molecular complexity index is 1050. The summed E-state index contributed by atoms with van der Waals surface area (Å²) in [6, 6.07) is 7.88. The number of nitrogens with one attached hydrogen (secondary N) is 3.